The van der Waals surface area contributed by atoms with Crippen LogP contribution in [0.5, 0.6) is 11.5 Å². The van der Waals surface area contributed by atoms with Gasteiger partial charge in [-0.2, -0.15) is 4.31 Å². The Labute approximate surface area is 153 Å². The molecule has 0 amide bonds. The highest BCUT2D eigenvalue weighted by Gasteiger charge is 2.34. The Morgan fingerprint density at radius 3 is 2.58 bits per heavy atom. The van der Waals surface area contributed by atoms with Crippen molar-refractivity contribution in [1.82, 2.24) is 4.31 Å². The SMILES string of the molecule is O=S(=O)(/C=C/c1ccccc1)N1CCCC1c1ccc2c(c1)OCCO2. The largest absolute Gasteiger partial charge is 0.486 e. The zero-order chi connectivity index (χ0) is 18.0. The van der Waals surface area contributed by atoms with Crippen LogP contribution in [0.15, 0.2) is 53.9 Å². The molecule has 1 fully saturated rings. The molecule has 1 unspecified atom stereocenters. The van der Waals surface area contributed by atoms with Gasteiger partial charge in [-0.3, -0.25) is 0 Å². The summed E-state index contributed by atoms with van der Waals surface area (Å²) in [6.07, 6.45) is 3.30. The van der Waals surface area contributed by atoms with Crippen molar-refractivity contribution < 1.29 is 17.9 Å². The molecule has 5 nitrogen and oxygen atoms in total. The Bertz CT molecular complexity index is 909. The number of ether oxygens (including phenoxy) is 2. The van der Waals surface area contributed by atoms with Crippen LogP contribution < -0.4 is 9.47 Å². The Kier molecular flexibility index (Phi) is 4.70. The average molecular weight is 371 g/mol. The third kappa shape index (κ3) is 3.48. The van der Waals surface area contributed by atoms with Crippen molar-refractivity contribution in [2.45, 2.75) is 18.9 Å². The van der Waals surface area contributed by atoms with E-state index in [1.54, 1.807) is 10.4 Å². The van der Waals surface area contributed by atoms with Crippen molar-refractivity contribution in [1.29, 1.82) is 0 Å². The maximum absolute atomic E-state index is 12.9. The van der Waals surface area contributed by atoms with Gasteiger partial charge in [0.15, 0.2) is 11.5 Å². The number of rotatable bonds is 4. The Morgan fingerprint density at radius 2 is 1.77 bits per heavy atom. The van der Waals surface area contributed by atoms with Crippen LogP contribution in [0, 0.1) is 0 Å². The van der Waals surface area contributed by atoms with Crippen molar-refractivity contribution >= 4 is 16.1 Å². The van der Waals surface area contributed by atoms with Crippen LogP contribution in [0.3, 0.4) is 0 Å². The van der Waals surface area contributed by atoms with E-state index in [2.05, 4.69) is 0 Å². The molecule has 6 heteroatoms. The van der Waals surface area contributed by atoms with E-state index in [4.69, 9.17) is 9.47 Å². The van der Waals surface area contributed by atoms with Crippen LogP contribution in [0.1, 0.15) is 30.0 Å². The minimum atomic E-state index is -3.50. The summed E-state index contributed by atoms with van der Waals surface area (Å²) in [5.41, 5.74) is 1.81. The maximum atomic E-state index is 12.9. The molecule has 0 bridgehead atoms. The second-order valence-electron chi connectivity index (χ2n) is 6.43. The first-order valence-corrected chi connectivity index (χ1v) is 10.3. The average Bonchev–Trinajstić information content (AvgIpc) is 3.18. The number of hydrogen-bond acceptors (Lipinski definition) is 4. The molecule has 2 aliphatic heterocycles. The summed E-state index contributed by atoms with van der Waals surface area (Å²) in [5, 5.41) is 1.30. The van der Waals surface area contributed by atoms with Gasteiger partial charge in [0.2, 0.25) is 10.0 Å². The molecule has 136 valence electrons. The van der Waals surface area contributed by atoms with E-state index in [1.807, 2.05) is 48.5 Å². The monoisotopic (exact) mass is 371 g/mol. The molecule has 0 saturated carbocycles. The molecular formula is C20H21NO4S. The van der Waals surface area contributed by atoms with Gasteiger partial charge in [0.25, 0.3) is 0 Å². The molecule has 0 N–H and O–H groups in total. The number of benzene rings is 2. The van der Waals surface area contributed by atoms with E-state index in [0.717, 1.165) is 29.7 Å². The van der Waals surface area contributed by atoms with E-state index in [0.29, 0.717) is 25.5 Å². The first kappa shape index (κ1) is 17.1. The van der Waals surface area contributed by atoms with Crippen molar-refractivity contribution in [2.24, 2.45) is 0 Å². The van der Waals surface area contributed by atoms with Crippen molar-refractivity contribution in [3.63, 3.8) is 0 Å². The van der Waals surface area contributed by atoms with Gasteiger partial charge >= 0.3 is 0 Å². The first-order chi connectivity index (χ1) is 12.6. The van der Waals surface area contributed by atoms with Crippen molar-refractivity contribution in [3.8, 4) is 11.5 Å². The predicted molar refractivity (Wildman–Crippen MR) is 101 cm³/mol. The summed E-state index contributed by atoms with van der Waals surface area (Å²) < 4.78 is 38.5. The Balaban J connectivity index is 1.59. The van der Waals surface area contributed by atoms with Crippen LogP contribution in [-0.4, -0.2) is 32.5 Å². The topological polar surface area (TPSA) is 55.8 Å². The van der Waals surface area contributed by atoms with Gasteiger partial charge in [0.1, 0.15) is 13.2 Å². The highest BCUT2D eigenvalue weighted by Crippen LogP contribution is 2.39. The standard InChI is InChI=1S/C20H21NO4S/c22-26(23,14-10-16-5-2-1-3-6-16)21-11-4-7-18(21)17-8-9-19-20(15-17)25-13-12-24-19/h1-3,5-6,8-10,14-15,18H,4,7,11-13H2/b14-10+. The lowest BCUT2D eigenvalue weighted by atomic mass is 10.0. The quantitative estimate of drug-likeness (QED) is 0.824. The van der Waals surface area contributed by atoms with Gasteiger partial charge in [0.05, 0.1) is 6.04 Å². The van der Waals surface area contributed by atoms with Gasteiger partial charge in [-0.1, -0.05) is 36.4 Å². The van der Waals surface area contributed by atoms with E-state index in [1.165, 1.54) is 5.41 Å². The summed E-state index contributed by atoms with van der Waals surface area (Å²) >= 11 is 0. The second kappa shape index (κ2) is 7.13. The molecule has 1 atom stereocenters. The number of nitrogens with zero attached hydrogens (tertiary/aromatic N) is 1. The smallest absolute Gasteiger partial charge is 0.236 e. The van der Waals surface area contributed by atoms with Crippen LogP contribution in [0.25, 0.3) is 6.08 Å². The molecule has 0 spiro atoms. The van der Waals surface area contributed by atoms with E-state index < -0.39 is 10.0 Å². The second-order valence-corrected chi connectivity index (χ2v) is 8.20. The number of fused-ring (bicyclic) bond motifs is 1. The normalized spacial score (nSPS) is 20.5. The molecule has 1 saturated heterocycles. The zero-order valence-electron chi connectivity index (χ0n) is 14.4. The van der Waals surface area contributed by atoms with Gasteiger partial charge in [-0.15, -0.1) is 0 Å². The highest BCUT2D eigenvalue weighted by molar-refractivity contribution is 7.92. The molecule has 4 rings (SSSR count). The van der Waals surface area contributed by atoms with Crippen molar-refractivity contribution in [2.75, 3.05) is 19.8 Å². The summed E-state index contributed by atoms with van der Waals surface area (Å²) in [7, 11) is -3.50. The third-order valence-corrected chi connectivity index (χ3v) is 6.28. The van der Waals surface area contributed by atoms with E-state index in [-0.39, 0.29) is 6.04 Å². The number of hydrogen-bond donors (Lipinski definition) is 0. The molecule has 0 aromatic heterocycles. The van der Waals surface area contributed by atoms with Crippen LogP contribution in [0.4, 0.5) is 0 Å². The Hall–Kier alpha value is -2.31. The fourth-order valence-electron chi connectivity index (χ4n) is 3.45. The van der Waals surface area contributed by atoms with Gasteiger partial charge in [-0.05, 0) is 42.2 Å². The van der Waals surface area contributed by atoms with Crippen LogP contribution >= 0.6 is 0 Å². The van der Waals surface area contributed by atoms with E-state index >= 15 is 0 Å². The Morgan fingerprint density at radius 1 is 1.00 bits per heavy atom. The van der Waals surface area contributed by atoms with Gasteiger partial charge in [0, 0.05) is 12.0 Å². The minimum Gasteiger partial charge on any atom is -0.486 e. The fraction of sp³-hybridized carbons (Fsp3) is 0.300. The molecule has 2 aromatic carbocycles. The van der Waals surface area contributed by atoms with Crippen LogP contribution in [0.2, 0.25) is 0 Å². The molecule has 2 aromatic rings. The summed E-state index contributed by atoms with van der Waals surface area (Å²) in [4.78, 5) is 0. The van der Waals surface area contributed by atoms with Gasteiger partial charge < -0.3 is 9.47 Å². The molecule has 0 aliphatic carbocycles. The lowest BCUT2D eigenvalue weighted by Gasteiger charge is -2.25. The summed E-state index contributed by atoms with van der Waals surface area (Å²) in [6, 6.07) is 15.0. The lowest BCUT2D eigenvalue weighted by Crippen LogP contribution is -2.29. The molecule has 2 heterocycles. The first-order valence-electron chi connectivity index (χ1n) is 8.78. The lowest BCUT2D eigenvalue weighted by molar-refractivity contribution is 0.171. The third-order valence-electron chi connectivity index (χ3n) is 4.71. The molecule has 0 radical (unpaired) electrons. The summed E-state index contributed by atoms with van der Waals surface area (Å²) in [5.74, 6) is 1.41. The van der Waals surface area contributed by atoms with E-state index in [9.17, 15) is 8.42 Å². The van der Waals surface area contributed by atoms with Crippen LogP contribution in [-0.2, 0) is 10.0 Å². The molecule has 26 heavy (non-hydrogen) atoms. The van der Waals surface area contributed by atoms with Crippen molar-refractivity contribution in [3.05, 3.63) is 65.1 Å². The number of sulfonamides is 1. The van der Waals surface area contributed by atoms with Gasteiger partial charge in [-0.25, -0.2) is 8.42 Å². The zero-order valence-corrected chi connectivity index (χ0v) is 15.2. The summed E-state index contributed by atoms with van der Waals surface area (Å²) in [6.45, 7) is 1.59. The fourth-order valence-corrected chi connectivity index (χ4v) is 4.90. The maximum Gasteiger partial charge on any atom is 0.236 e. The highest BCUT2D eigenvalue weighted by atomic mass is 32.2. The predicted octanol–water partition coefficient (Wildman–Crippen LogP) is 3.60. The molecular weight excluding hydrogens is 350 g/mol. The minimum absolute atomic E-state index is 0.170. The molecule has 2 aliphatic rings.